The Hall–Kier alpha value is 0.0619. The van der Waals surface area contributed by atoms with Gasteiger partial charge in [0.2, 0.25) is 0 Å². The van der Waals surface area contributed by atoms with Gasteiger partial charge in [0.25, 0.3) is 0 Å². The van der Waals surface area contributed by atoms with Gasteiger partial charge in [0, 0.05) is 25.3 Å². The van der Waals surface area contributed by atoms with Crippen molar-refractivity contribution in [2.75, 3.05) is 53.3 Å². The molecule has 0 saturated carbocycles. The minimum absolute atomic E-state index is 0. The topological polar surface area (TPSA) is 98.3 Å². The second-order valence-electron chi connectivity index (χ2n) is 6.48. The van der Waals surface area contributed by atoms with Gasteiger partial charge < -0.3 is 49.2 Å². The molecule has 7 nitrogen and oxygen atoms in total. The zero-order valence-electron chi connectivity index (χ0n) is 19.6. The summed E-state index contributed by atoms with van der Waals surface area (Å²) in [5, 5.41) is 10.4. The van der Waals surface area contributed by atoms with Gasteiger partial charge in [0.15, 0.2) is 0 Å². The molecule has 0 aromatic carbocycles. The zero-order valence-corrected chi connectivity index (χ0v) is 23.8. The number of hydrogen-bond acceptors (Lipinski definition) is 6. The smallest absolute Gasteiger partial charge is 0.400 e. The van der Waals surface area contributed by atoms with Gasteiger partial charge in [-0.05, 0) is 13.3 Å². The van der Waals surface area contributed by atoms with Gasteiger partial charge in [-0.2, -0.15) is 6.42 Å². The van der Waals surface area contributed by atoms with E-state index in [4.69, 9.17) is 30.0 Å². The fraction of sp³-hybridized carbons (Fsp3) is 0.773. The first-order valence-corrected chi connectivity index (χ1v) is 10.6. The number of nitrogens with one attached hydrogen (secondary N) is 1. The van der Waals surface area contributed by atoms with Crippen LogP contribution in [0, 0.1) is 50.9 Å². The third-order valence-electron chi connectivity index (χ3n) is 4.09. The van der Waals surface area contributed by atoms with Gasteiger partial charge in [-0.25, -0.2) is 0 Å². The average molecular weight is 654 g/mol. The molecule has 8 heteroatoms. The second kappa shape index (κ2) is 27.1. The average Bonchev–Trinajstić information content (AvgIpc) is 2.75. The van der Waals surface area contributed by atoms with Crippen molar-refractivity contribution in [1.82, 2.24) is 5.32 Å². The summed E-state index contributed by atoms with van der Waals surface area (Å²) in [6.07, 6.45) is 5.96. The maximum atomic E-state index is 7.00. The van der Waals surface area contributed by atoms with Crippen LogP contribution in [0.2, 0.25) is 0 Å². The number of ether oxygens (including phenoxy) is 3. The normalized spacial score (nSPS) is 13.7. The van der Waals surface area contributed by atoms with Gasteiger partial charge in [-0.15, -0.1) is 0 Å². The number of aliphatic hydroxyl groups excluding tert-OH is 1. The van der Waals surface area contributed by atoms with Crippen molar-refractivity contribution in [2.24, 2.45) is 16.6 Å². The number of unbranched alkanes of at least 4 members (excludes halogenated alkanes) is 1. The molecule has 0 aromatic rings. The van der Waals surface area contributed by atoms with E-state index >= 15 is 0 Å². The predicted molar refractivity (Wildman–Crippen MR) is 122 cm³/mol. The summed E-state index contributed by atoms with van der Waals surface area (Å²) in [6.45, 7) is 18.2. The van der Waals surface area contributed by atoms with Gasteiger partial charge in [-0.3, -0.25) is 0 Å². The molecule has 0 aliphatic carbocycles. The Morgan fingerprint density at radius 2 is 1.70 bits per heavy atom. The molecule has 0 bridgehead atoms. The molecule has 0 aliphatic heterocycles. The van der Waals surface area contributed by atoms with Crippen LogP contribution in [-0.2, 0) is 14.2 Å². The summed E-state index contributed by atoms with van der Waals surface area (Å²) in [4.78, 5) is 4.79. The number of aliphatic hydroxyl groups is 1. The molecule has 4 N–H and O–H groups in total. The standard InChI is InChI=1S/C21H41N3O3.CH4O.U/c1-6-9-10-19(5)23-21(18(4)7-2)24-20(8-3)17-27-16-15-26-14-13-25-12-11-22;1-2;/h8,18-19H,1,5-7,9-17,22H2,2-4H3,(H,23,24);2H,1H3;/q-2;;+2/b20-8-;;. The Morgan fingerprint density at radius 3 is 2.20 bits per heavy atom. The summed E-state index contributed by atoms with van der Waals surface area (Å²) in [5.41, 5.74) is 6.35. The van der Waals surface area contributed by atoms with Gasteiger partial charge in [0.1, 0.15) is 5.84 Å². The molecule has 30 heavy (non-hydrogen) atoms. The van der Waals surface area contributed by atoms with Crippen LogP contribution >= 0.6 is 0 Å². The number of nitrogens with two attached hydrogens (primary N) is 1. The molecule has 0 rings (SSSR count). The van der Waals surface area contributed by atoms with E-state index in [9.17, 15) is 0 Å². The van der Waals surface area contributed by atoms with E-state index in [1.54, 1.807) is 0 Å². The van der Waals surface area contributed by atoms with Crippen LogP contribution < -0.4 is 11.1 Å². The summed E-state index contributed by atoms with van der Waals surface area (Å²) in [5.74, 6) is 1.33. The summed E-state index contributed by atoms with van der Waals surface area (Å²) < 4.78 is 16.4. The number of rotatable bonds is 17. The fourth-order valence-electron chi connectivity index (χ4n) is 2.18. The van der Waals surface area contributed by atoms with E-state index in [0.717, 1.165) is 44.3 Å². The molecular weight excluding hydrogens is 608 g/mol. The zero-order chi connectivity index (χ0) is 22.3. The van der Waals surface area contributed by atoms with E-state index in [-0.39, 0.29) is 37.2 Å². The van der Waals surface area contributed by atoms with Crippen LogP contribution in [0.1, 0.15) is 46.5 Å². The van der Waals surface area contributed by atoms with E-state index in [0.29, 0.717) is 52.1 Å². The minimum atomic E-state index is 0. The Kier molecular flexibility index (Phi) is 31.3. The third-order valence-corrected chi connectivity index (χ3v) is 4.09. The SMILES string of the molecule is CO.[CH2-]CCCC([CH2-])N=C(N/C(=C\C)COCCOCCOCCN)C(C)CC.[U+2]. The van der Waals surface area contributed by atoms with Crippen LogP contribution in [0.15, 0.2) is 16.8 Å². The van der Waals surface area contributed by atoms with Crippen LogP contribution in [0.4, 0.5) is 0 Å². The summed E-state index contributed by atoms with van der Waals surface area (Å²) in [6, 6.07) is 0.0529. The van der Waals surface area contributed by atoms with Crippen molar-refractivity contribution >= 4 is 5.84 Å². The number of aliphatic imine (C=N–C) groups is 1. The van der Waals surface area contributed by atoms with Gasteiger partial charge >= 0.3 is 31.1 Å². The molecule has 176 valence electrons. The molecule has 0 radical (unpaired) electrons. The van der Waals surface area contributed by atoms with Crippen molar-refractivity contribution in [3.63, 3.8) is 0 Å². The molecule has 2 unspecified atom stereocenters. The van der Waals surface area contributed by atoms with E-state index < -0.39 is 0 Å². The molecule has 0 aromatic heterocycles. The van der Waals surface area contributed by atoms with Crippen LogP contribution in [0.25, 0.3) is 0 Å². The van der Waals surface area contributed by atoms with Crippen molar-refractivity contribution in [3.8, 4) is 0 Å². The number of allylic oxidation sites excluding steroid dienone is 1. The molecule has 0 heterocycles. The van der Waals surface area contributed by atoms with E-state index in [2.05, 4.69) is 33.0 Å². The fourth-order valence-corrected chi connectivity index (χ4v) is 2.18. The van der Waals surface area contributed by atoms with Crippen LogP contribution in [-0.4, -0.2) is 70.3 Å². The number of amidine groups is 1. The first kappa shape index (κ1) is 34.7. The first-order chi connectivity index (χ1) is 14.1. The Balaban J connectivity index is -0.00000235. The van der Waals surface area contributed by atoms with Crippen molar-refractivity contribution in [3.05, 3.63) is 25.6 Å². The van der Waals surface area contributed by atoms with Gasteiger partial charge in [-0.1, -0.05) is 38.8 Å². The predicted octanol–water partition coefficient (Wildman–Crippen LogP) is 2.75. The largest absolute Gasteiger partial charge is 2.00 e. The number of nitrogens with zero attached hydrogens (tertiary/aromatic N) is 1. The van der Waals surface area contributed by atoms with E-state index in [1.165, 1.54) is 0 Å². The maximum Gasteiger partial charge on any atom is 2.00 e. The number of hydrogen-bond donors (Lipinski definition) is 3. The molecule has 0 aliphatic rings. The second-order valence-corrected chi connectivity index (χ2v) is 6.48. The van der Waals surface area contributed by atoms with Crippen molar-refractivity contribution in [2.45, 2.75) is 52.5 Å². The van der Waals surface area contributed by atoms with Crippen LogP contribution in [0.3, 0.4) is 0 Å². The Bertz CT molecular complexity index is 410. The molecule has 0 saturated heterocycles. The summed E-state index contributed by atoms with van der Waals surface area (Å²) >= 11 is 0. The summed E-state index contributed by atoms with van der Waals surface area (Å²) in [7, 11) is 1.00. The molecular formula is C22H45N3O4U. The Morgan fingerprint density at radius 1 is 1.13 bits per heavy atom. The van der Waals surface area contributed by atoms with Crippen LogP contribution in [0.5, 0.6) is 0 Å². The van der Waals surface area contributed by atoms with Gasteiger partial charge in [0.05, 0.1) is 39.6 Å². The van der Waals surface area contributed by atoms with Crippen molar-refractivity contribution < 1.29 is 50.4 Å². The molecule has 0 fully saturated rings. The molecule has 0 amide bonds. The Labute approximate surface area is 209 Å². The maximum absolute atomic E-state index is 7.00. The third kappa shape index (κ3) is 21.3. The molecule has 0 spiro atoms. The molecule has 2 atom stereocenters. The monoisotopic (exact) mass is 653 g/mol. The first-order valence-electron chi connectivity index (χ1n) is 10.6. The van der Waals surface area contributed by atoms with E-state index in [1.807, 2.05) is 13.0 Å². The minimum Gasteiger partial charge on any atom is -0.400 e. The van der Waals surface area contributed by atoms with Crippen molar-refractivity contribution in [1.29, 1.82) is 0 Å². The quantitative estimate of drug-likeness (QED) is 0.0968.